The Morgan fingerprint density at radius 1 is 1.41 bits per heavy atom. The summed E-state index contributed by atoms with van der Waals surface area (Å²) in [7, 11) is -3.41. The molecule has 2 rings (SSSR count). The molecule has 94 valence electrons. The fourth-order valence-electron chi connectivity index (χ4n) is 2.04. The predicted molar refractivity (Wildman–Crippen MR) is 66.8 cm³/mol. The third kappa shape index (κ3) is 2.68. The minimum Gasteiger partial charge on any atom is -0.326 e. The molecule has 1 fully saturated rings. The number of nitrogens with one attached hydrogen (secondary N) is 1. The van der Waals surface area contributed by atoms with Crippen molar-refractivity contribution in [3.05, 3.63) is 29.8 Å². The van der Waals surface area contributed by atoms with Gasteiger partial charge in [-0.25, -0.2) is 13.1 Å². The van der Waals surface area contributed by atoms with Crippen molar-refractivity contribution < 1.29 is 8.42 Å². The average Bonchev–Trinajstić information content (AvgIpc) is 3.06. The summed E-state index contributed by atoms with van der Waals surface area (Å²) < 4.78 is 27.1. The lowest BCUT2D eigenvalue weighted by atomic mass is 10.2. The lowest BCUT2D eigenvalue weighted by Gasteiger charge is -2.09. The number of sulfonamides is 1. The van der Waals surface area contributed by atoms with E-state index in [0.717, 1.165) is 12.8 Å². The van der Waals surface area contributed by atoms with Gasteiger partial charge in [0.15, 0.2) is 0 Å². The van der Waals surface area contributed by atoms with E-state index in [9.17, 15) is 8.42 Å². The molecule has 0 radical (unpaired) electrons. The Kier molecular flexibility index (Phi) is 3.51. The van der Waals surface area contributed by atoms with Gasteiger partial charge in [-0.1, -0.05) is 31.5 Å². The van der Waals surface area contributed by atoms with Gasteiger partial charge in [0.25, 0.3) is 0 Å². The average molecular weight is 254 g/mol. The lowest BCUT2D eigenvalue weighted by molar-refractivity contribution is 0.574. The second-order valence-electron chi connectivity index (χ2n) is 4.44. The minimum atomic E-state index is -3.41. The van der Waals surface area contributed by atoms with Gasteiger partial charge >= 0.3 is 0 Å². The Morgan fingerprint density at radius 2 is 2.12 bits per heavy atom. The topological polar surface area (TPSA) is 72.2 Å². The largest absolute Gasteiger partial charge is 0.326 e. The van der Waals surface area contributed by atoms with Crippen LogP contribution in [0.5, 0.6) is 0 Å². The molecule has 3 N–H and O–H groups in total. The summed E-state index contributed by atoms with van der Waals surface area (Å²) in [4.78, 5) is 0.309. The Morgan fingerprint density at radius 3 is 2.71 bits per heavy atom. The van der Waals surface area contributed by atoms with Crippen LogP contribution in [-0.2, 0) is 16.6 Å². The van der Waals surface area contributed by atoms with Crippen LogP contribution in [0.1, 0.15) is 25.3 Å². The Balaban J connectivity index is 2.20. The van der Waals surface area contributed by atoms with Crippen molar-refractivity contribution in [1.82, 2.24) is 4.72 Å². The highest BCUT2D eigenvalue weighted by atomic mass is 32.2. The molecule has 0 saturated heterocycles. The van der Waals surface area contributed by atoms with Crippen molar-refractivity contribution >= 4 is 10.0 Å². The van der Waals surface area contributed by atoms with Crippen molar-refractivity contribution in [3.8, 4) is 0 Å². The van der Waals surface area contributed by atoms with E-state index in [1.165, 1.54) is 0 Å². The Labute approximate surface area is 102 Å². The standard InChI is InChI=1S/C12H18N2O2S/c1-2-9-7-11(9)14-17(15,16)12-6-4-3-5-10(12)8-13/h3-6,9,11,14H,2,7-8,13H2,1H3. The van der Waals surface area contributed by atoms with Crippen molar-refractivity contribution in [1.29, 1.82) is 0 Å². The first-order valence-corrected chi connectivity index (χ1v) is 7.37. The van der Waals surface area contributed by atoms with Crippen LogP contribution in [0, 0.1) is 5.92 Å². The van der Waals surface area contributed by atoms with Crippen LogP contribution in [0.3, 0.4) is 0 Å². The van der Waals surface area contributed by atoms with Gasteiger partial charge in [0.2, 0.25) is 10.0 Å². The van der Waals surface area contributed by atoms with Crippen LogP contribution in [0.25, 0.3) is 0 Å². The van der Waals surface area contributed by atoms with E-state index in [-0.39, 0.29) is 12.6 Å². The molecule has 0 bridgehead atoms. The monoisotopic (exact) mass is 254 g/mol. The molecule has 1 saturated carbocycles. The maximum atomic E-state index is 12.2. The minimum absolute atomic E-state index is 0.107. The highest BCUT2D eigenvalue weighted by molar-refractivity contribution is 7.89. The first-order chi connectivity index (χ1) is 8.08. The van der Waals surface area contributed by atoms with E-state index in [4.69, 9.17) is 5.73 Å². The second kappa shape index (κ2) is 4.76. The van der Waals surface area contributed by atoms with Crippen LogP contribution < -0.4 is 10.5 Å². The van der Waals surface area contributed by atoms with Crippen molar-refractivity contribution in [3.63, 3.8) is 0 Å². The smallest absolute Gasteiger partial charge is 0.241 e. The third-order valence-corrected chi connectivity index (χ3v) is 4.83. The fourth-order valence-corrected chi connectivity index (χ4v) is 3.61. The molecule has 2 atom stereocenters. The Hall–Kier alpha value is -0.910. The highest BCUT2D eigenvalue weighted by Crippen LogP contribution is 2.34. The molecule has 2 unspecified atom stereocenters. The lowest BCUT2D eigenvalue weighted by Crippen LogP contribution is -2.28. The van der Waals surface area contributed by atoms with E-state index >= 15 is 0 Å². The molecule has 0 aromatic heterocycles. The highest BCUT2D eigenvalue weighted by Gasteiger charge is 2.38. The van der Waals surface area contributed by atoms with E-state index in [1.807, 2.05) is 0 Å². The van der Waals surface area contributed by atoms with Crippen molar-refractivity contribution in [2.24, 2.45) is 11.7 Å². The summed E-state index contributed by atoms with van der Waals surface area (Å²) in [6.45, 7) is 2.31. The molecular formula is C12H18N2O2S. The SMILES string of the molecule is CCC1CC1NS(=O)(=O)c1ccccc1CN. The van der Waals surface area contributed by atoms with Gasteiger partial charge in [-0.05, 0) is 24.0 Å². The normalized spacial score (nSPS) is 23.6. The third-order valence-electron chi connectivity index (χ3n) is 3.24. The molecule has 4 nitrogen and oxygen atoms in total. The zero-order valence-electron chi connectivity index (χ0n) is 9.89. The van der Waals surface area contributed by atoms with Crippen molar-refractivity contribution in [2.75, 3.05) is 0 Å². The van der Waals surface area contributed by atoms with Gasteiger partial charge in [0.1, 0.15) is 0 Å². The second-order valence-corrected chi connectivity index (χ2v) is 6.13. The van der Waals surface area contributed by atoms with Gasteiger partial charge in [-0.2, -0.15) is 0 Å². The van der Waals surface area contributed by atoms with Gasteiger partial charge < -0.3 is 5.73 Å². The first kappa shape index (κ1) is 12.5. The number of rotatable bonds is 5. The summed E-state index contributed by atoms with van der Waals surface area (Å²) >= 11 is 0. The summed E-state index contributed by atoms with van der Waals surface area (Å²) in [6.07, 6.45) is 1.96. The molecule has 1 aromatic carbocycles. The Bertz CT molecular complexity index is 499. The van der Waals surface area contributed by atoms with Crippen LogP contribution in [0.2, 0.25) is 0 Å². The molecule has 0 heterocycles. The van der Waals surface area contributed by atoms with E-state index in [1.54, 1.807) is 24.3 Å². The van der Waals surface area contributed by atoms with Crippen LogP contribution in [0.4, 0.5) is 0 Å². The van der Waals surface area contributed by atoms with Crippen LogP contribution in [0.15, 0.2) is 29.2 Å². The van der Waals surface area contributed by atoms with E-state index in [2.05, 4.69) is 11.6 Å². The zero-order chi connectivity index (χ0) is 12.5. The maximum absolute atomic E-state index is 12.2. The summed E-state index contributed by atoms with van der Waals surface area (Å²) in [5.41, 5.74) is 6.22. The molecule has 5 heteroatoms. The van der Waals surface area contributed by atoms with Gasteiger partial charge in [0, 0.05) is 12.6 Å². The summed E-state index contributed by atoms with van der Waals surface area (Å²) in [5.74, 6) is 0.495. The van der Waals surface area contributed by atoms with Gasteiger partial charge in [0.05, 0.1) is 4.90 Å². The zero-order valence-corrected chi connectivity index (χ0v) is 10.7. The summed E-state index contributed by atoms with van der Waals surface area (Å²) in [6, 6.07) is 6.98. The molecular weight excluding hydrogens is 236 g/mol. The number of hydrogen-bond donors (Lipinski definition) is 2. The molecule has 0 aliphatic heterocycles. The first-order valence-electron chi connectivity index (χ1n) is 5.88. The molecule has 1 aliphatic carbocycles. The number of benzene rings is 1. The number of nitrogens with two attached hydrogens (primary N) is 1. The molecule has 1 aromatic rings. The predicted octanol–water partition coefficient (Wildman–Crippen LogP) is 1.22. The molecule has 17 heavy (non-hydrogen) atoms. The van der Waals surface area contributed by atoms with E-state index in [0.29, 0.717) is 16.4 Å². The van der Waals surface area contributed by atoms with E-state index < -0.39 is 10.0 Å². The van der Waals surface area contributed by atoms with Crippen LogP contribution in [-0.4, -0.2) is 14.5 Å². The quantitative estimate of drug-likeness (QED) is 0.830. The molecule has 0 amide bonds. The van der Waals surface area contributed by atoms with Gasteiger partial charge in [-0.3, -0.25) is 0 Å². The van der Waals surface area contributed by atoms with Gasteiger partial charge in [-0.15, -0.1) is 0 Å². The molecule has 1 aliphatic rings. The maximum Gasteiger partial charge on any atom is 0.241 e. The molecule has 0 spiro atoms. The van der Waals surface area contributed by atoms with Crippen molar-refractivity contribution in [2.45, 2.75) is 37.2 Å². The summed E-state index contributed by atoms with van der Waals surface area (Å²) in [5, 5.41) is 0. The fraction of sp³-hybridized carbons (Fsp3) is 0.500. The van der Waals surface area contributed by atoms with Crippen LogP contribution >= 0.6 is 0 Å². The number of hydrogen-bond acceptors (Lipinski definition) is 3.